The van der Waals surface area contributed by atoms with Gasteiger partial charge in [-0.2, -0.15) is 0 Å². The third-order valence-electron chi connectivity index (χ3n) is 4.64. The first kappa shape index (κ1) is 14.9. The minimum absolute atomic E-state index is 0.00199. The molecular weight excluding hydrogens is 264 g/mol. The van der Waals surface area contributed by atoms with Crippen LogP contribution in [0.25, 0.3) is 0 Å². The van der Waals surface area contributed by atoms with Crippen molar-refractivity contribution in [1.82, 2.24) is 0 Å². The molecule has 0 amide bonds. The Kier molecular flexibility index (Phi) is 2.97. The van der Waals surface area contributed by atoms with Crippen LogP contribution in [0.1, 0.15) is 40.5 Å². The summed E-state index contributed by atoms with van der Waals surface area (Å²) in [6, 6.07) is 0. The summed E-state index contributed by atoms with van der Waals surface area (Å²) in [5, 5.41) is 19.8. The molecular formula is C14H18O6. The van der Waals surface area contributed by atoms with E-state index in [9.17, 15) is 24.6 Å². The molecule has 1 heterocycles. The number of carbonyl (C=O) groups is 3. The molecule has 0 aromatic carbocycles. The van der Waals surface area contributed by atoms with Crippen LogP contribution in [-0.2, 0) is 19.1 Å². The van der Waals surface area contributed by atoms with Gasteiger partial charge in [0.25, 0.3) is 0 Å². The minimum Gasteiger partial charge on any atom is -0.479 e. The van der Waals surface area contributed by atoms with Gasteiger partial charge in [0, 0.05) is 11.1 Å². The molecule has 3 unspecified atom stereocenters. The van der Waals surface area contributed by atoms with Gasteiger partial charge >= 0.3 is 5.97 Å². The fourth-order valence-electron chi connectivity index (χ4n) is 2.97. The number of rotatable bonds is 1. The highest BCUT2D eigenvalue weighted by atomic mass is 16.6. The molecule has 1 aliphatic heterocycles. The predicted molar refractivity (Wildman–Crippen MR) is 68.1 cm³/mol. The zero-order valence-corrected chi connectivity index (χ0v) is 11.9. The molecule has 0 aromatic heterocycles. The van der Waals surface area contributed by atoms with Crippen LogP contribution < -0.4 is 0 Å². The van der Waals surface area contributed by atoms with Crippen molar-refractivity contribution in [2.75, 3.05) is 0 Å². The molecule has 1 spiro atoms. The van der Waals surface area contributed by atoms with Crippen molar-refractivity contribution >= 4 is 17.5 Å². The number of hydrogen-bond acceptors (Lipinski definition) is 5. The maximum atomic E-state index is 12.5. The van der Waals surface area contributed by atoms with Gasteiger partial charge in [0.2, 0.25) is 0 Å². The Labute approximate surface area is 116 Å². The minimum atomic E-state index is -2.05. The second-order valence-corrected chi connectivity index (χ2v) is 5.95. The molecule has 0 bridgehead atoms. The average molecular weight is 282 g/mol. The third-order valence-corrected chi connectivity index (χ3v) is 4.64. The number of ether oxygens (including phenoxy) is 1. The van der Waals surface area contributed by atoms with Crippen LogP contribution in [0.5, 0.6) is 0 Å². The Morgan fingerprint density at radius 2 is 1.60 bits per heavy atom. The number of carbonyl (C=O) groups excluding carboxylic acids is 2. The van der Waals surface area contributed by atoms with Gasteiger partial charge in [-0.3, -0.25) is 9.59 Å². The molecule has 0 saturated carbocycles. The quantitative estimate of drug-likeness (QED) is 0.731. The van der Waals surface area contributed by atoms with Gasteiger partial charge in [-0.1, -0.05) is 0 Å². The van der Waals surface area contributed by atoms with Gasteiger partial charge < -0.3 is 14.9 Å². The first-order chi connectivity index (χ1) is 8.99. The van der Waals surface area contributed by atoms with E-state index in [2.05, 4.69) is 0 Å². The smallest absolute Gasteiger partial charge is 0.335 e. The van der Waals surface area contributed by atoms with Gasteiger partial charge in [-0.05, 0) is 40.5 Å². The standard InChI is InChI=1S/C14H18O6/c1-7-8(2)10(16)14(13(4,19)9(7)15)6-5-12(3,20-14)11(17)18/h19H,5-6H2,1-4H3,(H,17,18). The molecule has 110 valence electrons. The molecule has 1 saturated heterocycles. The Hall–Kier alpha value is -1.53. The van der Waals surface area contributed by atoms with Crippen molar-refractivity contribution in [2.24, 2.45) is 0 Å². The van der Waals surface area contributed by atoms with E-state index in [0.717, 1.165) is 0 Å². The Balaban J connectivity index is 2.60. The number of ketones is 2. The lowest BCUT2D eigenvalue weighted by molar-refractivity contribution is -0.205. The lowest BCUT2D eigenvalue weighted by Gasteiger charge is -2.44. The summed E-state index contributed by atoms with van der Waals surface area (Å²) in [6.07, 6.45) is 0.0574. The van der Waals surface area contributed by atoms with E-state index < -0.39 is 34.3 Å². The summed E-state index contributed by atoms with van der Waals surface area (Å²) in [5.41, 5.74) is -5.03. The predicted octanol–water partition coefficient (Wildman–Crippen LogP) is 0.618. The van der Waals surface area contributed by atoms with E-state index in [-0.39, 0.29) is 24.0 Å². The highest BCUT2D eigenvalue weighted by Gasteiger charge is 2.67. The van der Waals surface area contributed by atoms with Crippen LogP contribution in [-0.4, -0.2) is 44.6 Å². The lowest BCUT2D eigenvalue weighted by atomic mass is 9.67. The fraction of sp³-hybridized carbons (Fsp3) is 0.643. The number of hydrogen-bond donors (Lipinski definition) is 2. The van der Waals surface area contributed by atoms with Crippen molar-refractivity contribution in [3.8, 4) is 0 Å². The monoisotopic (exact) mass is 282 g/mol. The van der Waals surface area contributed by atoms with Crippen molar-refractivity contribution in [1.29, 1.82) is 0 Å². The molecule has 3 atom stereocenters. The van der Waals surface area contributed by atoms with E-state index in [0.29, 0.717) is 0 Å². The van der Waals surface area contributed by atoms with Crippen LogP contribution in [0.15, 0.2) is 11.1 Å². The Morgan fingerprint density at radius 3 is 2.05 bits per heavy atom. The molecule has 2 rings (SSSR count). The van der Waals surface area contributed by atoms with E-state index in [1.807, 2.05) is 0 Å². The summed E-state index contributed by atoms with van der Waals surface area (Å²) in [4.78, 5) is 36.1. The van der Waals surface area contributed by atoms with Gasteiger partial charge in [0.1, 0.15) is 0 Å². The molecule has 1 aliphatic carbocycles. The SMILES string of the molecule is CC1=C(C)C(=O)C2(CCC(C)(C(=O)O)O2)C(C)(O)C1=O. The highest BCUT2D eigenvalue weighted by Crippen LogP contribution is 2.49. The van der Waals surface area contributed by atoms with Crippen LogP contribution in [0.3, 0.4) is 0 Å². The number of carboxylic acid groups (broad SMARTS) is 1. The van der Waals surface area contributed by atoms with Gasteiger partial charge in [0.15, 0.2) is 28.4 Å². The van der Waals surface area contributed by atoms with Crippen LogP contribution in [0.4, 0.5) is 0 Å². The maximum Gasteiger partial charge on any atom is 0.335 e. The number of aliphatic carboxylic acids is 1. The molecule has 2 aliphatic rings. The highest BCUT2D eigenvalue weighted by molar-refractivity contribution is 6.19. The van der Waals surface area contributed by atoms with Gasteiger partial charge in [-0.25, -0.2) is 4.79 Å². The zero-order valence-electron chi connectivity index (χ0n) is 11.9. The second kappa shape index (κ2) is 3.99. The number of Topliss-reactive ketones (excluding diaryl/α,β-unsaturated/α-hetero) is 2. The van der Waals surface area contributed by atoms with Crippen molar-refractivity contribution in [2.45, 2.75) is 57.3 Å². The molecule has 2 N–H and O–H groups in total. The molecule has 20 heavy (non-hydrogen) atoms. The first-order valence-corrected chi connectivity index (χ1v) is 6.42. The summed E-state index contributed by atoms with van der Waals surface area (Å²) >= 11 is 0. The van der Waals surface area contributed by atoms with E-state index in [1.54, 1.807) is 0 Å². The van der Waals surface area contributed by atoms with Crippen LogP contribution >= 0.6 is 0 Å². The summed E-state index contributed by atoms with van der Waals surface area (Å²) in [7, 11) is 0. The van der Waals surface area contributed by atoms with Crippen molar-refractivity contribution in [3.63, 3.8) is 0 Å². The maximum absolute atomic E-state index is 12.5. The fourth-order valence-corrected chi connectivity index (χ4v) is 2.97. The molecule has 6 nitrogen and oxygen atoms in total. The summed E-state index contributed by atoms with van der Waals surface area (Å²) < 4.78 is 5.50. The second-order valence-electron chi connectivity index (χ2n) is 5.95. The third kappa shape index (κ3) is 1.55. The largest absolute Gasteiger partial charge is 0.479 e. The Morgan fingerprint density at radius 1 is 1.10 bits per heavy atom. The summed E-state index contributed by atoms with van der Waals surface area (Å²) in [6.45, 7) is 5.53. The molecule has 6 heteroatoms. The average Bonchev–Trinajstić information content (AvgIpc) is 2.75. The topological polar surface area (TPSA) is 101 Å². The molecule has 0 aromatic rings. The van der Waals surface area contributed by atoms with Gasteiger partial charge in [-0.15, -0.1) is 0 Å². The van der Waals surface area contributed by atoms with Crippen LogP contribution in [0.2, 0.25) is 0 Å². The summed E-state index contributed by atoms with van der Waals surface area (Å²) in [5.74, 6) is -2.32. The van der Waals surface area contributed by atoms with Crippen LogP contribution in [0, 0.1) is 0 Å². The Bertz CT molecular complexity index is 558. The molecule has 1 fully saturated rings. The first-order valence-electron chi connectivity index (χ1n) is 6.42. The number of carboxylic acids is 1. The van der Waals surface area contributed by atoms with Gasteiger partial charge in [0.05, 0.1) is 0 Å². The van der Waals surface area contributed by atoms with E-state index in [4.69, 9.17) is 4.74 Å². The lowest BCUT2D eigenvalue weighted by Crippen LogP contribution is -2.65. The van der Waals surface area contributed by atoms with Crippen molar-refractivity contribution < 1.29 is 29.3 Å². The number of aliphatic hydroxyl groups is 1. The normalized spacial score (nSPS) is 41.6. The molecule has 0 radical (unpaired) electrons. The van der Waals surface area contributed by atoms with Crippen molar-refractivity contribution in [3.05, 3.63) is 11.1 Å². The van der Waals surface area contributed by atoms with E-state index >= 15 is 0 Å². The zero-order chi connectivity index (χ0) is 15.5. The van der Waals surface area contributed by atoms with E-state index in [1.165, 1.54) is 27.7 Å².